The molecule has 0 radical (unpaired) electrons. The second-order valence-corrected chi connectivity index (χ2v) is 3.75. The predicted octanol–water partition coefficient (Wildman–Crippen LogP) is 0.621. The van der Waals surface area contributed by atoms with Gasteiger partial charge in [-0.3, -0.25) is 0 Å². The Morgan fingerprint density at radius 2 is 2.28 bits per heavy atom. The van der Waals surface area contributed by atoms with Crippen LogP contribution in [0.25, 0.3) is 0 Å². The zero-order chi connectivity index (χ0) is 13.7. The number of nitrogens with one attached hydrogen (secondary N) is 1. The number of pyridine rings is 1. The molecule has 7 heteroatoms. The molecule has 1 aromatic heterocycles. The van der Waals surface area contributed by atoms with E-state index < -0.39 is 12.5 Å². The van der Waals surface area contributed by atoms with Crippen molar-refractivity contribution in [1.82, 2.24) is 4.98 Å². The lowest BCUT2D eigenvalue weighted by Gasteiger charge is -2.21. The van der Waals surface area contributed by atoms with Gasteiger partial charge in [0.2, 0.25) is 0 Å². The highest BCUT2D eigenvalue weighted by Crippen LogP contribution is 2.22. The highest BCUT2D eigenvalue weighted by Gasteiger charge is 2.15. The van der Waals surface area contributed by atoms with Gasteiger partial charge in [-0.25, -0.2) is 4.98 Å². The summed E-state index contributed by atoms with van der Waals surface area (Å²) in [6.45, 7) is 3.36. The maximum atomic E-state index is 9.17. The average molecular weight is 251 g/mol. The van der Waals surface area contributed by atoms with Crippen molar-refractivity contribution in [3.63, 3.8) is 0 Å². The van der Waals surface area contributed by atoms with Gasteiger partial charge in [0.1, 0.15) is 29.5 Å². The Hall–Kier alpha value is -2.04. The van der Waals surface area contributed by atoms with E-state index in [1.54, 1.807) is 0 Å². The number of anilines is 3. The smallest absolute Gasteiger partial charge is 0.154 e. The van der Waals surface area contributed by atoms with Gasteiger partial charge in [-0.1, -0.05) is 6.92 Å². The molecule has 1 rings (SSSR count). The average Bonchev–Trinajstić information content (AvgIpc) is 2.27. The van der Waals surface area contributed by atoms with Crippen molar-refractivity contribution >= 4 is 17.3 Å². The van der Waals surface area contributed by atoms with Gasteiger partial charge < -0.3 is 26.6 Å². The molecule has 0 aliphatic rings. The van der Waals surface area contributed by atoms with Crippen molar-refractivity contribution < 1.29 is 9.84 Å². The standard InChI is InChI=1S/C11H17N5O2/c1-3-10(18-6(2)17)16-11-7(5-12)8(13)4-9(14)15-11/h4,6,10,17H,3H2,1-2H3,(H5,13,14,15,16). The van der Waals surface area contributed by atoms with Gasteiger partial charge in [0.15, 0.2) is 6.29 Å². The van der Waals surface area contributed by atoms with Crippen molar-refractivity contribution in [2.45, 2.75) is 32.8 Å². The van der Waals surface area contributed by atoms with E-state index in [-0.39, 0.29) is 22.9 Å². The Labute approximate surface area is 105 Å². The summed E-state index contributed by atoms with van der Waals surface area (Å²) in [4.78, 5) is 4.00. The minimum Gasteiger partial charge on any atom is -0.397 e. The van der Waals surface area contributed by atoms with Crippen LogP contribution in [-0.2, 0) is 4.74 Å². The summed E-state index contributed by atoms with van der Waals surface area (Å²) in [5, 5.41) is 21.1. The van der Waals surface area contributed by atoms with E-state index in [4.69, 9.17) is 21.5 Å². The van der Waals surface area contributed by atoms with Crippen LogP contribution in [0.1, 0.15) is 25.8 Å². The zero-order valence-corrected chi connectivity index (χ0v) is 10.3. The van der Waals surface area contributed by atoms with Crippen molar-refractivity contribution in [3.8, 4) is 6.07 Å². The normalized spacial score (nSPS) is 13.7. The maximum Gasteiger partial charge on any atom is 0.154 e. The number of nitrogens with two attached hydrogens (primary N) is 2. The number of aliphatic hydroxyl groups is 1. The molecule has 0 amide bonds. The lowest BCUT2D eigenvalue weighted by atomic mass is 10.2. The molecular formula is C11H17N5O2. The van der Waals surface area contributed by atoms with Gasteiger partial charge in [-0.05, 0) is 13.3 Å². The summed E-state index contributed by atoms with van der Waals surface area (Å²) < 4.78 is 5.20. The van der Waals surface area contributed by atoms with Gasteiger partial charge in [0.25, 0.3) is 0 Å². The first-order chi connectivity index (χ1) is 8.47. The van der Waals surface area contributed by atoms with Crippen LogP contribution in [0.3, 0.4) is 0 Å². The van der Waals surface area contributed by atoms with Gasteiger partial charge in [-0.15, -0.1) is 0 Å². The Kier molecular flexibility index (Phi) is 4.71. The fourth-order valence-corrected chi connectivity index (χ4v) is 1.43. The van der Waals surface area contributed by atoms with Crippen LogP contribution in [-0.4, -0.2) is 22.6 Å². The first-order valence-corrected chi connectivity index (χ1v) is 5.54. The molecule has 0 bridgehead atoms. The molecule has 0 saturated heterocycles. The Balaban J connectivity index is 2.99. The third-order valence-electron chi connectivity index (χ3n) is 2.21. The third-order valence-corrected chi connectivity index (χ3v) is 2.21. The second-order valence-electron chi connectivity index (χ2n) is 3.75. The van der Waals surface area contributed by atoms with E-state index in [1.165, 1.54) is 13.0 Å². The number of rotatable bonds is 5. The number of ether oxygens (including phenoxy) is 1. The predicted molar refractivity (Wildman–Crippen MR) is 68.2 cm³/mol. The van der Waals surface area contributed by atoms with E-state index in [0.29, 0.717) is 6.42 Å². The van der Waals surface area contributed by atoms with Gasteiger partial charge in [0.05, 0.1) is 5.69 Å². The molecule has 0 aromatic carbocycles. The molecule has 0 spiro atoms. The second kappa shape index (κ2) is 6.05. The summed E-state index contributed by atoms with van der Waals surface area (Å²) in [6.07, 6.45) is -0.830. The number of nitrogens with zero attached hydrogens (tertiary/aromatic N) is 2. The molecule has 7 nitrogen and oxygen atoms in total. The Bertz CT molecular complexity index is 455. The molecular weight excluding hydrogens is 234 g/mol. The molecule has 0 aliphatic carbocycles. The molecule has 2 atom stereocenters. The first kappa shape index (κ1) is 14.0. The van der Waals surface area contributed by atoms with Crippen LogP contribution >= 0.6 is 0 Å². The van der Waals surface area contributed by atoms with E-state index >= 15 is 0 Å². The highest BCUT2D eigenvalue weighted by molar-refractivity contribution is 5.69. The first-order valence-electron chi connectivity index (χ1n) is 5.54. The van der Waals surface area contributed by atoms with Crippen LogP contribution in [0.4, 0.5) is 17.3 Å². The Morgan fingerprint density at radius 1 is 1.61 bits per heavy atom. The van der Waals surface area contributed by atoms with Gasteiger partial charge in [0, 0.05) is 6.07 Å². The van der Waals surface area contributed by atoms with Crippen LogP contribution in [0, 0.1) is 11.3 Å². The monoisotopic (exact) mass is 251 g/mol. The number of hydrogen-bond acceptors (Lipinski definition) is 7. The van der Waals surface area contributed by atoms with E-state index in [1.807, 2.05) is 13.0 Å². The minimum absolute atomic E-state index is 0.205. The van der Waals surface area contributed by atoms with Crippen molar-refractivity contribution in [2.24, 2.45) is 0 Å². The molecule has 18 heavy (non-hydrogen) atoms. The summed E-state index contributed by atoms with van der Waals surface area (Å²) in [6, 6.07) is 3.37. The van der Waals surface area contributed by atoms with Crippen LogP contribution in [0.2, 0.25) is 0 Å². The molecule has 1 heterocycles. The third kappa shape index (κ3) is 3.48. The fraction of sp³-hybridized carbons (Fsp3) is 0.455. The van der Waals surface area contributed by atoms with Crippen molar-refractivity contribution in [1.29, 1.82) is 5.26 Å². The lowest BCUT2D eigenvalue weighted by Crippen LogP contribution is -2.27. The molecule has 2 unspecified atom stereocenters. The Morgan fingerprint density at radius 3 is 2.78 bits per heavy atom. The SMILES string of the molecule is CCC(Nc1nc(N)cc(N)c1C#N)OC(C)O. The molecule has 0 aliphatic heterocycles. The number of aromatic nitrogens is 1. The van der Waals surface area contributed by atoms with Crippen molar-refractivity contribution in [3.05, 3.63) is 11.6 Å². The molecule has 0 saturated carbocycles. The molecule has 1 aromatic rings. The number of nitrogen functional groups attached to an aromatic ring is 2. The summed E-state index contributed by atoms with van der Waals surface area (Å²) in [5.74, 6) is 0.461. The molecule has 0 fully saturated rings. The molecule has 6 N–H and O–H groups in total. The quantitative estimate of drug-likeness (QED) is 0.564. The minimum atomic E-state index is -0.925. The van der Waals surface area contributed by atoms with E-state index in [0.717, 1.165) is 0 Å². The lowest BCUT2D eigenvalue weighted by molar-refractivity contribution is -0.115. The van der Waals surface area contributed by atoms with Crippen LogP contribution in [0.15, 0.2) is 6.07 Å². The van der Waals surface area contributed by atoms with E-state index in [9.17, 15) is 5.11 Å². The van der Waals surface area contributed by atoms with Gasteiger partial charge >= 0.3 is 0 Å². The van der Waals surface area contributed by atoms with Gasteiger partial charge in [-0.2, -0.15) is 5.26 Å². The summed E-state index contributed by atoms with van der Waals surface area (Å²) in [5.41, 5.74) is 11.7. The summed E-state index contributed by atoms with van der Waals surface area (Å²) >= 11 is 0. The topological polar surface area (TPSA) is 130 Å². The maximum absolute atomic E-state index is 9.17. The van der Waals surface area contributed by atoms with Crippen LogP contribution < -0.4 is 16.8 Å². The largest absolute Gasteiger partial charge is 0.397 e. The number of nitriles is 1. The zero-order valence-electron chi connectivity index (χ0n) is 10.3. The van der Waals surface area contributed by atoms with Crippen molar-refractivity contribution in [2.75, 3.05) is 16.8 Å². The fourth-order valence-electron chi connectivity index (χ4n) is 1.43. The summed E-state index contributed by atoms with van der Waals surface area (Å²) in [7, 11) is 0. The molecule has 98 valence electrons. The van der Waals surface area contributed by atoms with Crippen LogP contribution in [0.5, 0.6) is 0 Å². The number of aliphatic hydroxyl groups excluding tert-OH is 1. The number of hydrogen-bond donors (Lipinski definition) is 4. The van der Waals surface area contributed by atoms with E-state index in [2.05, 4.69) is 10.3 Å². The highest BCUT2D eigenvalue weighted by atomic mass is 16.6.